The zero-order chi connectivity index (χ0) is 24.0. The number of morpholine rings is 1. The fourth-order valence-electron chi connectivity index (χ4n) is 4.06. The van der Waals surface area contributed by atoms with Gasteiger partial charge < -0.3 is 19.6 Å². The number of fused-ring (bicyclic) bond motifs is 1. The van der Waals surface area contributed by atoms with Gasteiger partial charge in [-0.2, -0.15) is 13.2 Å². The van der Waals surface area contributed by atoms with Crippen LogP contribution in [-0.4, -0.2) is 51.5 Å². The maximum Gasteiger partial charge on any atom is 0.434 e. The maximum absolute atomic E-state index is 14.8. The molecule has 0 bridgehead atoms. The third-order valence-electron chi connectivity index (χ3n) is 5.65. The Kier molecular flexibility index (Phi) is 6.56. The topological polar surface area (TPSA) is 86.9 Å². The molecule has 5 rings (SSSR count). The summed E-state index contributed by atoms with van der Waals surface area (Å²) in [6.45, 7) is 3.75. The number of anilines is 1. The van der Waals surface area contributed by atoms with Gasteiger partial charge in [-0.05, 0) is 37.3 Å². The molecular formula is C23H20ClF4N5O2. The van der Waals surface area contributed by atoms with Crippen molar-refractivity contribution in [2.24, 2.45) is 0 Å². The van der Waals surface area contributed by atoms with Crippen molar-refractivity contribution in [1.29, 1.82) is 0 Å². The fraction of sp³-hybridized carbons (Fsp3) is 0.261. The van der Waals surface area contributed by atoms with Crippen molar-refractivity contribution in [2.45, 2.75) is 19.2 Å². The molecule has 1 aromatic carbocycles. The van der Waals surface area contributed by atoms with Gasteiger partial charge in [0.15, 0.2) is 23.1 Å². The van der Waals surface area contributed by atoms with Gasteiger partial charge in [0.1, 0.15) is 5.52 Å². The van der Waals surface area contributed by atoms with Crippen molar-refractivity contribution in [3.63, 3.8) is 0 Å². The van der Waals surface area contributed by atoms with Gasteiger partial charge in [0.05, 0.1) is 29.5 Å². The molecule has 0 radical (unpaired) electrons. The number of pyridine rings is 1. The van der Waals surface area contributed by atoms with Crippen LogP contribution in [0.1, 0.15) is 28.5 Å². The molecule has 1 aliphatic rings. The number of aromatic amines is 2. The molecule has 184 valence electrons. The van der Waals surface area contributed by atoms with E-state index in [1.807, 2.05) is 11.8 Å². The van der Waals surface area contributed by atoms with E-state index in [-0.39, 0.29) is 35.4 Å². The largest absolute Gasteiger partial charge is 0.434 e. The van der Waals surface area contributed by atoms with E-state index >= 15 is 0 Å². The van der Waals surface area contributed by atoms with Crippen LogP contribution in [0.2, 0.25) is 0 Å². The van der Waals surface area contributed by atoms with E-state index in [9.17, 15) is 22.4 Å². The summed E-state index contributed by atoms with van der Waals surface area (Å²) < 4.78 is 60.1. The van der Waals surface area contributed by atoms with Gasteiger partial charge in [0.25, 0.3) is 0 Å². The number of alkyl halides is 3. The Morgan fingerprint density at radius 3 is 2.80 bits per heavy atom. The van der Waals surface area contributed by atoms with Gasteiger partial charge in [-0.1, -0.05) is 0 Å². The van der Waals surface area contributed by atoms with Gasteiger partial charge in [-0.25, -0.2) is 9.37 Å². The molecule has 12 heteroatoms. The van der Waals surface area contributed by atoms with E-state index in [1.165, 1.54) is 24.4 Å². The number of imidazole rings is 1. The standard InChI is InChI=1S/C23H19F4N5O2.ClH/c1-12-11-32(5-6-34-12)14-8-16(24)19-17(9-14)30-22(31-19)18-7-13(10-29-18)20(33)15-3-2-4-28-21(15)23(25,26)27;/h2-4,7-10,12,29H,5-6,11H2,1H3,(H,30,31);1H/t12-;/m1./s1. The number of ether oxygens (including phenoxy) is 1. The number of halogens is 5. The van der Waals surface area contributed by atoms with Crippen LogP contribution < -0.4 is 4.90 Å². The molecule has 2 N–H and O–H groups in total. The highest BCUT2D eigenvalue weighted by molar-refractivity contribution is 6.10. The molecular weight excluding hydrogens is 490 g/mol. The molecule has 7 nitrogen and oxygen atoms in total. The molecule has 3 aromatic heterocycles. The average Bonchev–Trinajstić information content (AvgIpc) is 3.46. The number of rotatable bonds is 4. The van der Waals surface area contributed by atoms with Gasteiger partial charge in [0, 0.05) is 36.7 Å². The van der Waals surface area contributed by atoms with Crippen LogP contribution in [0.4, 0.5) is 23.2 Å². The number of benzene rings is 1. The van der Waals surface area contributed by atoms with Crippen LogP contribution in [0.15, 0.2) is 42.7 Å². The zero-order valence-electron chi connectivity index (χ0n) is 18.3. The molecule has 1 atom stereocenters. The van der Waals surface area contributed by atoms with Crippen LogP contribution in [0.25, 0.3) is 22.6 Å². The lowest BCUT2D eigenvalue weighted by atomic mass is 10.0. The molecule has 0 aliphatic carbocycles. The second-order valence-corrected chi connectivity index (χ2v) is 8.07. The number of aromatic nitrogens is 4. The van der Waals surface area contributed by atoms with Crippen molar-refractivity contribution in [2.75, 3.05) is 24.6 Å². The second kappa shape index (κ2) is 9.31. The Bertz CT molecular complexity index is 1380. The van der Waals surface area contributed by atoms with Crippen molar-refractivity contribution in [3.8, 4) is 11.5 Å². The molecule has 35 heavy (non-hydrogen) atoms. The number of hydrogen-bond donors (Lipinski definition) is 2. The normalized spacial score (nSPS) is 16.4. The second-order valence-electron chi connectivity index (χ2n) is 8.07. The summed E-state index contributed by atoms with van der Waals surface area (Å²) in [5.74, 6) is -1.10. The monoisotopic (exact) mass is 509 g/mol. The molecule has 1 aliphatic heterocycles. The number of carbonyl (C=O) groups excluding carboxylic acids is 1. The molecule has 0 saturated carbocycles. The Balaban J connectivity index is 0.00000289. The number of nitrogens with one attached hydrogen (secondary N) is 2. The highest BCUT2D eigenvalue weighted by atomic mass is 35.5. The highest BCUT2D eigenvalue weighted by Crippen LogP contribution is 2.32. The summed E-state index contributed by atoms with van der Waals surface area (Å²) in [5.41, 5.74) is -0.212. The Labute approximate surface area is 202 Å². The minimum absolute atomic E-state index is 0. The molecule has 4 heterocycles. The van der Waals surface area contributed by atoms with Crippen LogP contribution in [-0.2, 0) is 10.9 Å². The first-order valence-corrected chi connectivity index (χ1v) is 10.5. The minimum Gasteiger partial charge on any atom is -0.375 e. The first-order chi connectivity index (χ1) is 16.2. The molecule has 1 fully saturated rings. The van der Waals surface area contributed by atoms with E-state index in [1.54, 1.807) is 6.07 Å². The van der Waals surface area contributed by atoms with E-state index in [4.69, 9.17) is 4.74 Å². The van der Waals surface area contributed by atoms with E-state index < -0.39 is 29.0 Å². The molecule has 1 saturated heterocycles. The molecule has 0 amide bonds. The Hall–Kier alpha value is -3.44. The smallest absolute Gasteiger partial charge is 0.375 e. The third-order valence-corrected chi connectivity index (χ3v) is 5.65. The maximum atomic E-state index is 14.8. The number of H-pyrrole nitrogens is 2. The first kappa shape index (κ1) is 24.7. The predicted octanol–water partition coefficient (Wildman–Crippen LogP) is 4.99. The van der Waals surface area contributed by atoms with Crippen LogP contribution >= 0.6 is 12.4 Å². The number of carbonyl (C=O) groups is 1. The quantitative estimate of drug-likeness (QED) is 0.299. The fourth-order valence-corrected chi connectivity index (χ4v) is 4.06. The van der Waals surface area contributed by atoms with Crippen molar-refractivity contribution >= 4 is 34.9 Å². The van der Waals surface area contributed by atoms with Crippen molar-refractivity contribution in [3.05, 3.63) is 65.4 Å². The minimum atomic E-state index is -4.77. The number of nitrogens with zero attached hydrogens (tertiary/aromatic N) is 3. The van der Waals surface area contributed by atoms with Gasteiger partial charge in [-0.15, -0.1) is 12.4 Å². The SMILES string of the molecule is C[C@@H]1CN(c2cc(F)c3nc(-c4cc(C(=O)c5cccnc5C(F)(F)F)c[nH]4)[nH]c3c2)CCO1.Cl. The summed E-state index contributed by atoms with van der Waals surface area (Å²) in [6, 6.07) is 6.92. The van der Waals surface area contributed by atoms with E-state index in [2.05, 4.69) is 19.9 Å². The molecule has 0 spiro atoms. The predicted molar refractivity (Wildman–Crippen MR) is 123 cm³/mol. The van der Waals surface area contributed by atoms with Crippen molar-refractivity contribution < 1.29 is 27.1 Å². The summed E-state index contributed by atoms with van der Waals surface area (Å²) in [7, 11) is 0. The lowest BCUT2D eigenvalue weighted by Crippen LogP contribution is -2.41. The summed E-state index contributed by atoms with van der Waals surface area (Å²) in [4.78, 5) is 28.2. The lowest BCUT2D eigenvalue weighted by molar-refractivity contribution is -0.141. The zero-order valence-corrected chi connectivity index (χ0v) is 19.1. The van der Waals surface area contributed by atoms with E-state index in [0.29, 0.717) is 36.6 Å². The van der Waals surface area contributed by atoms with E-state index in [0.717, 1.165) is 12.3 Å². The third kappa shape index (κ3) is 4.73. The number of ketones is 1. The highest BCUT2D eigenvalue weighted by Gasteiger charge is 2.37. The average molecular weight is 510 g/mol. The summed E-state index contributed by atoms with van der Waals surface area (Å²) in [6.07, 6.45) is -2.47. The Morgan fingerprint density at radius 2 is 2.06 bits per heavy atom. The lowest BCUT2D eigenvalue weighted by Gasteiger charge is -2.32. The summed E-state index contributed by atoms with van der Waals surface area (Å²) >= 11 is 0. The summed E-state index contributed by atoms with van der Waals surface area (Å²) in [5, 5.41) is 0. The van der Waals surface area contributed by atoms with Crippen LogP contribution in [0.5, 0.6) is 0 Å². The van der Waals surface area contributed by atoms with Crippen LogP contribution in [0, 0.1) is 5.82 Å². The molecule has 4 aromatic rings. The van der Waals surface area contributed by atoms with Gasteiger partial charge in [0.2, 0.25) is 0 Å². The van der Waals surface area contributed by atoms with Crippen LogP contribution in [0.3, 0.4) is 0 Å². The molecule has 0 unspecified atom stereocenters. The van der Waals surface area contributed by atoms with Gasteiger partial charge >= 0.3 is 6.18 Å². The Morgan fingerprint density at radius 1 is 1.26 bits per heavy atom. The number of hydrogen-bond acceptors (Lipinski definition) is 5. The van der Waals surface area contributed by atoms with Gasteiger partial charge in [-0.3, -0.25) is 9.78 Å². The van der Waals surface area contributed by atoms with Crippen molar-refractivity contribution in [1.82, 2.24) is 19.9 Å². The first-order valence-electron chi connectivity index (χ1n) is 10.5.